The Labute approximate surface area is 217 Å². The van der Waals surface area contributed by atoms with Crippen LogP contribution in [0.15, 0.2) is 72.8 Å². The molecule has 0 aliphatic carbocycles. The molecule has 7 heteroatoms. The minimum Gasteiger partial charge on any atom is -0.482 e. The predicted molar refractivity (Wildman–Crippen MR) is 141 cm³/mol. The number of hydrogen-bond donors (Lipinski definition) is 1. The van der Waals surface area contributed by atoms with Crippen molar-refractivity contribution < 1.29 is 14.3 Å². The lowest BCUT2D eigenvalue weighted by atomic mass is 10.0. The third kappa shape index (κ3) is 8.01. The Morgan fingerprint density at radius 1 is 0.971 bits per heavy atom. The van der Waals surface area contributed by atoms with Crippen molar-refractivity contribution in [3.63, 3.8) is 0 Å². The lowest BCUT2D eigenvalue weighted by Crippen LogP contribution is -2.51. The Hall–Kier alpha value is -3.02. The second-order valence-electron chi connectivity index (χ2n) is 8.37. The van der Waals surface area contributed by atoms with Gasteiger partial charge in [0.2, 0.25) is 5.91 Å². The number of rotatable bonds is 11. The van der Waals surface area contributed by atoms with E-state index in [-0.39, 0.29) is 25.0 Å². The lowest BCUT2D eigenvalue weighted by Gasteiger charge is -2.31. The number of carbonyl (C=O) groups is 2. The van der Waals surface area contributed by atoms with Gasteiger partial charge in [0.25, 0.3) is 5.91 Å². The molecular formula is C28H30Cl2N2O3. The molecule has 0 aromatic heterocycles. The van der Waals surface area contributed by atoms with E-state index >= 15 is 0 Å². The number of halogens is 2. The Kier molecular flexibility index (Phi) is 10.0. The van der Waals surface area contributed by atoms with Crippen molar-refractivity contribution in [1.29, 1.82) is 0 Å². The van der Waals surface area contributed by atoms with Crippen molar-refractivity contribution in [2.75, 3.05) is 13.2 Å². The van der Waals surface area contributed by atoms with Gasteiger partial charge in [-0.2, -0.15) is 0 Å². The highest BCUT2D eigenvalue weighted by molar-refractivity contribution is 6.35. The highest BCUT2D eigenvalue weighted by Gasteiger charge is 2.30. The van der Waals surface area contributed by atoms with Crippen molar-refractivity contribution in [3.8, 4) is 5.75 Å². The molecule has 1 N–H and O–H groups in total. The highest BCUT2D eigenvalue weighted by Crippen LogP contribution is 2.27. The molecule has 35 heavy (non-hydrogen) atoms. The molecule has 3 rings (SSSR count). The Morgan fingerprint density at radius 2 is 1.69 bits per heavy atom. The summed E-state index contributed by atoms with van der Waals surface area (Å²) in [4.78, 5) is 28.4. The smallest absolute Gasteiger partial charge is 0.261 e. The molecule has 2 amide bonds. The summed E-state index contributed by atoms with van der Waals surface area (Å²) in [6.07, 6.45) is 1.18. The largest absolute Gasteiger partial charge is 0.482 e. The normalized spacial score (nSPS) is 11.5. The summed E-state index contributed by atoms with van der Waals surface area (Å²) in [7, 11) is 0. The maximum absolute atomic E-state index is 13.5. The van der Waals surface area contributed by atoms with Crippen LogP contribution in [0.4, 0.5) is 0 Å². The first kappa shape index (κ1) is 26.6. The molecule has 0 unspecified atom stereocenters. The van der Waals surface area contributed by atoms with E-state index in [1.165, 1.54) is 0 Å². The van der Waals surface area contributed by atoms with Crippen molar-refractivity contribution in [1.82, 2.24) is 10.2 Å². The van der Waals surface area contributed by atoms with Gasteiger partial charge in [0.05, 0.1) is 5.02 Å². The number of aryl methyl sites for hydroxylation is 1. The highest BCUT2D eigenvalue weighted by atomic mass is 35.5. The maximum Gasteiger partial charge on any atom is 0.261 e. The van der Waals surface area contributed by atoms with Gasteiger partial charge in [-0.3, -0.25) is 9.59 Å². The number of hydrogen-bond acceptors (Lipinski definition) is 3. The van der Waals surface area contributed by atoms with Crippen molar-refractivity contribution in [2.45, 2.75) is 39.3 Å². The average molecular weight is 513 g/mol. The third-order valence-corrected chi connectivity index (χ3v) is 6.07. The number of amides is 2. The maximum atomic E-state index is 13.5. The van der Waals surface area contributed by atoms with Crippen LogP contribution in [0.5, 0.6) is 5.75 Å². The van der Waals surface area contributed by atoms with Gasteiger partial charge in [-0.15, -0.1) is 0 Å². The summed E-state index contributed by atoms with van der Waals surface area (Å²) >= 11 is 12.2. The average Bonchev–Trinajstić information content (AvgIpc) is 2.85. The molecule has 0 bridgehead atoms. The van der Waals surface area contributed by atoms with E-state index in [0.717, 1.165) is 23.1 Å². The molecule has 0 heterocycles. The molecule has 0 spiro atoms. The van der Waals surface area contributed by atoms with Crippen molar-refractivity contribution >= 4 is 35.0 Å². The molecule has 0 aliphatic heterocycles. The van der Waals surface area contributed by atoms with Gasteiger partial charge >= 0.3 is 0 Å². The van der Waals surface area contributed by atoms with E-state index in [4.69, 9.17) is 27.9 Å². The lowest BCUT2D eigenvalue weighted by molar-refractivity contribution is -0.142. The molecule has 3 aromatic carbocycles. The third-order valence-electron chi connectivity index (χ3n) is 5.54. The van der Waals surface area contributed by atoms with E-state index in [9.17, 15) is 9.59 Å². The fourth-order valence-corrected chi connectivity index (χ4v) is 4.09. The Bertz CT molecular complexity index is 1120. The first-order valence-corrected chi connectivity index (χ1v) is 12.4. The van der Waals surface area contributed by atoms with Crippen LogP contribution in [-0.4, -0.2) is 35.9 Å². The molecule has 184 valence electrons. The van der Waals surface area contributed by atoms with Crippen LogP contribution in [0.1, 0.15) is 30.0 Å². The number of benzene rings is 3. The van der Waals surface area contributed by atoms with Crippen LogP contribution in [0, 0.1) is 6.92 Å². The van der Waals surface area contributed by atoms with Crippen LogP contribution in [-0.2, 0) is 22.6 Å². The molecule has 0 fully saturated rings. The van der Waals surface area contributed by atoms with Gasteiger partial charge in [0, 0.05) is 24.5 Å². The minimum atomic E-state index is -0.706. The summed E-state index contributed by atoms with van der Waals surface area (Å²) in [5.41, 5.74) is 3.01. The topological polar surface area (TPSA) is 58.6 Å². The standard InChI is InChI=1S/C28H30Cl2N2O3/c1-3-15-31-28(34)25(16-21-7-5-4-6-8-21)32(18-22-11-9-20(2)10-12-22)27(33)19-35-26-14-13-23(29)17-24(26)30/h4-14,17,25H,3,15-16,18-19H2,1-2H3,(H,31,34)/t25-/m0/s1. The number of ether oxygens (including phenoxy) is 1. The van der Waals surface area contributed by atoms with Gasteiger partial charge in [-0.1, -0.05) is 90.3 Å². The predicted octanol–water partition coefficient (Wildman–Crippen LogP) is 5.85. The second-order valence-corrected chi connectivity index (χ2v) is 9.21. The van der Waals surface area contributed by atoms with E-state index in [1.807, 2.05) is 68.4 Å². The van der Waals surface area contributed by atoms with Gasteiger partial charge < -0.3 is 15.0 Å². The molecule has 0 aliphatic rings. The summed E-state index contributed by atoms with van der Waals surface area (Å²) in [6, 6.07) is 21.7. The van der Waals surface area contributed by atoms with E-state index in [0.29, 0.717) is 28.8 Å². The fraction of sp³-hybridized carbons (Fsp3) is 0.286. The van der Waals surface area contributed by atoms with Gasteiger partial charge in [-0.25, -0.2) is 0 Å². The molecule has 5 nitrogen and oxygen atoms in total. The molecule has 3 aromatic rings. The van der Waals surface area contributed by atoms with E-state index in [1.54, 1.807) is 23.1 Å². The first-order chi connectivity index (χ1) is 16.9. The summed E-state index contributed by atoms with van der Waals surface area (Å²) in [5, 5.41) is 3.76. The molecular weight excluding hydrogens is 483 g/mol. The fourth-order valence-electron chi connectivity index (χ4n) is 3.62. The van der Waals surface area contributed by atoms with E-state index < -0.39 is 6.04 Å². The van der Waals surface area contributed by atoms with Crippen LogP contribution >= 0.6 is 23.2 Å². The summed E-state index contributed by atoms with van der Waals surface area (Å²) < 4.78 is 5.74. The number of carbonyl (C=O) groups excluding carboxylic acids is 2. The zero-order valence-corrected chi connectivity index (χ0v) is 21.5. The minimum absolute atomic E-state index is 0.194. The van der Waals surface area contributed by atoms with Gasteiger partial charge in [-0.05, 0) is 42.7 Å². The van der Waals surface area contributed by atoms with Crippen LogP contribution in [0.2, 0.25) is 10.0 Å². The second kappa shape index (κ2) is 13.2. The summed E-state index contributed by atoms with van der Waals surface area (Å²) in [6.45, 7) is 4.54. The Morgan fingerprint density at radius 3 is 2.34 bits per heavy atom. The van der Waals surface area contributed by atoms with Gasteiger partial charge in [0.1, 0.15) is 11.8 Å². The summed E-state index contributed by atoms with van der Waals surface area (Å²) in [5.74, 6) is -0.153. The van der Waals surface area contributed by atoms with Crippen LogP contribution < -0.4 is 10.1 Å². The first-order valence-electron chi connectivity index (χ1n) is 11.6. The number of nitrogens with one attached hydrogen (secondary N) is 1. The number of nitrogens with zero attached hydrogens (tertiary/aromatic N) is 1. The van der Waals surface area contributed by atoms with Gasteiger partial charge in [0.15, 0.2) is 6.61 Å². The quantitative estimate of drug-likeness (QED) is 0.350. The van der Waals surface area contributed by atoms with Crippen molar-refractivity contribution in [2.24, 2.45) is 0 Å². The SMILES string of the molecule is CCCNC(=O)[C@H](Cc1ccccc1)N(Cc1ccc(C)cc1)C(=O)COc1ccc(Cl)cc1Cl. The van der Waals surface area contributed by atoms with Crippen LogP contribution in [0.3, 0.4) is 0 Å². The monoisotopic (exact) mass is 512 g/mol. The Balaban J connectivity index is 1.89. The van der Waals surface area contributed by atoms with Crippen molar-refractivity contribution in [3.05, 3.63) is 99.5 Å². The molecule has 0 radical (unpaired) electrons. The zero-order valence-electron chi connectivity index (χ0n) is 20.0. The van der Waals surface area contributed by atoms with E-state index in [2.05, 4.69) is 5.32 Å². The zero-order chi connectivity index (χ0) is 25.2. The molecule has 1 atom stereocenters. The molecule has 0 saturated heterocycles. The molecule has 0 saturated carbocycles. The van der Waals surface area contributed by atoms with Crippen LogP contribution in [0.25, 0.3) is 0 Å².